The molecule has 2 fully saturated rings. The minimum absolute atomic E-state index is 0.0345. The molecule has 3 heteroatoms. The summed E-state index contributed by atoms with van der Waals surface area (Å²) in [5.74, 6) is 1.31. The van der Waals surface area contributed by atoms with Gasteiger partial charge in [0.1, 0.15) is 0 Å². The van der Waals surface area contributed by atoms with Crippen molar-refractivity contribution in [2.45, 2.75) is 41.2 Å². The quantitative estimate of drug-likeness (QED) is 0.591. The van der Waals surface area contributed by atoms with Crippen LogP contribution in [0.4, 0.5) is 0 Å². The minimum Gasteiger partial charge on any atom is -0.154 e. The van der Waals surface area contributed by atoms with Crippen LogP contribution in [0.25, 0.3) is 0 Å². The van der Waals surface area contributed by atoms with Crippen molar-refractivity contribution >= 4 is 35.0 Å². The number of alkyl halides is 2. The van der Waals surface area contributed by atoms with Gasteiger partial charge in [-0.25, -0.2) is 0 Å². The zero-order valence-electron chi connectivity index (χ0n) is 8.51. The Kier molecular flexibility index (Phi) is 2.61. The summed E-state index contributed by atoms with van der Waals surface area (Å²) in [6, 6.07) is 0. The molecule has 1 aliphatic heterocycles. The highest BCUT2D eigenvalue weighted by Crippen LogP contribution is 2.53. The van der Waals surface area contributed by atoms with Crippen LogP contribution in [-0.2, 0) is 0 Å². The fourth-order valence-electron chi connectivity index (χ4n) is 2.93. The third-order valence-electron chi connectivity index (χ3n) is 3.71. The van der Waals surface area contributed by atoms with Gasteiger partial charge in [0.05, 0.1) is 10.8 Å². The average Bonchev–Trinajstić information content (AvgIpc) is 2.53. The Hall–Kier alpha value is 0.410. The van der Waals surface area contributed by atoms with Crippen LogP contribution in [0.15, 0.2) is 23.3 Å². The first-order valence-corrected chi connectivity index (χ1v) is 7.38. The highest BCUT2D eigenvalue weighted by Gasteiger charge is 2.44. The molecule has 1 saturated carbocycles. The molecule has 2 atom stereocenters. The number of hydrogen-bond donors (Lipinski definition) is 0. The molecule has 0 nitrogen and oxygen atoms in total. The van der Waals surface area contributed by atoms with E-state index in [0.717, 1.165) is 12.8 Å². The number of fused-ring (bicyclic) bond motifs is 2. The van der Waals surface area contributed by atoms with E-state index < -0.39 is 0 Å². The Balaban J connectivity index is 1.97. The average molecular weight is 261 g/mol. The van der Waals surface area contributed by atoms with Crippen LogP contribution in [0.2, 0.25) is 0 Å². The monoisotopic (exact) mass is 260 g/mol. The van der Waals surface area contributed by atoms with Gasteiger partial charge in [0.15, 0.2) is 0 Å². The predicted octanol–water partition coefficient (Wildman–Crippen LogP) is 4.13. The van der Waals surface area contributed by atoms with E-state index >= 15 is 0 Å². The molecule has 0 aromatic rings. The molecule has 0 N–H and O–H groups in total. The number of allylic oxidation sites excluding steroid dienone is 4. The van der Waals surface area contributed by atoms with Gasteiger partial charge in [0, 0.05) is 4.75 Å². The fourth-order valence-corrected chi connectivity index (χ4v) is 5.10. The molecule has 4 rings (SSSR count). The predicted molar refractivity (Wildman–Crippen MR) is 69.1 cm³/mol. The summed E-state index contributed by atoms with van der Waals surface area (Å²) in [4.78, 5) is 0. The maximum atomic E-state index is 6.38. The Bertz CT molecular complexity index is 312. The first kappa shape index (κ1) is 10.6. The summed E-state index contributed by atoms with van der Waals surface area (Å²) >= 11 is 14.9. The Morgan fingerprint density at radius 1 is 1.13 bits per heavy atom. The molecule has 2 bridgehead atoms. The Morgan fingerprint density at radius 2 is 1.73 bits per heavy atom. The maximum Gasteiger partial charge on any atom is 0.0750 e. The topological polar surface area (TPSA) is 0 Å². The van der Waals surface area contributed by atoms with Gasteiger partial charge in [-0.15, -0.1) is 23.2 Å². The van der Waals surface area contributed by atoms with E-state index in [2.05, 4.69) is 23.9 Å². The van der Waals surface area contributed by atoms with Crippen LogP contribution in [0.3, 0.4) is 0 Å². The summed E-state index contributed by atoms with van der Waals surface area (Å²) in [5, 5.41) is 0.0690. The normalized spacial score (nSPS) is 44.1. The summed E-state index contributed by atoms with van der Waals surface area (Å²) < 4.78 is 0.435. The molecule has 0 aromatic carbocycles. The summed E-state index contributed by atoms with van der Waals surface area (Å²) in [6.45, 7) is 0. The zero-order chi connectivity index (χ0) is 10.5. The van der Waals surface area contributed by atoms with Gasteiger partial charge in [0.25, 0.3) is 0 Å². The van der Waals surface area contributed by atoms with Crippen LogP contribution >= 0.6 is 35.0 Å². The van der Waals surface area contributed by atoms with Crippen molar-refractivity contribution in [2.75, 3.05) is 5.75 Å². The van der Waals surface area contributed by atoms with Crippen molar-refractivity contribution in [3.05, 3.63) is 23.3 Å². The van der Waals surface area contributed by atoms with Crippen LogP contribution in [0.5, 0.6) is 0 Å². The molecule has 0 aromatic heterocycles. The van der Waals surface area contributed by atoms with Crippen molar-refractivity contribution in [1.82, 2.24) is 0 Å². The van der Waals surface area contributed by atoms with E-state index in [9.17, 15) is 0 Å². The molecule has 4 aliphatic rings. The molecule has 1 heterocycles. The van der Waals surface area contributed by atoms with Gasteiger partial charge in [0.2, 0.25) is 0 Å². The van der Waals surface area contributed by atoms with Crippen molar-refractivity contribution < 1.29 is 0 Å². The smallest absolute Gasteiger partial charge is 0.0750 e. The van der Waals surface area contributed by atoms with Gasteiger partial charge in [-0.2, -0.15) is 11.8 Å². The summed E-state index contributed by atoms with van der Waals surface area (Å²) in [7, 11) is 0. The summed E-state index contributed by atoms with van der Waals surface area (Å²) in [5.41, 5.74) is 2.71. The number of halogens is 2. The Labute approximate surface area is 105 Å². The van der Waals surface area contributed by atoms with Gasteiger partial charge in [-0.3, -0.25) is 0 Å². The molecule has 82 valence electrons. The van der Waals surface area contributed by atoms with Crippen LogP contribution < -0.4 is 0 Å². The lowest BCUT2D eigenvalue weighted by Gasteiger charge is -2.26. The second-order valence-corrected chi connectivity index (χ2v) is 7.28. The molecule has 15 heavy (non-hydrogen) atoms. The highest BCUT2D eigenvalue weighted by atomic mass is 35.5. The van der Waals surface area contributed by atoms with Crippen molar-refractivity contribution in [2.24, 2.45) is 0 Å². The molecular formula is C12H14Cl2S. The van der Waals surface area contributed by atoms with E-state index in [1.807, 2.05) is 0 Å². The van der Waals surface area contributed by atoms with Crippen LogP contribution in [-0.4, -0.2) is 21.3 Å². The molecule has 2 unspecified atom stereocenters. The van der Waals surface area contributed by atoms with E-state index in [1.165, 1.54) is 29.7 Å². The molecule has 1 spiro atoms. The molecular weight excluding hydrogens is 247 g/mol. The first-order valence-electron chi connectivity index (χ1n) is 5.52. The molecule has 0 amide bonds. The van der Waals surface area contributed by atoms with Gasteiger partial charge in [-0.05, 0) is 42.6 Å². The van der Waals surface area contributed by atoms with Crippen LogP contribution in [0, 0.1) is 0 Å². The third kappa shape index (κ3) is 1.67. The lowest BCUT2D eigenvalue weighted by atomic mass is 9.93. The largest absolute Gasteiger partial charge is 0.154 e. The lowest BCUT2D eigenvalue weighted by Crippen LogP contribution is -2.20. The maximum absolute atomic E-state index is 6.38. The number of hydrogen-bond acceptors (Lipinski definition) is 1. The number of rotatable bonds is 0. The fraction of sp³-hybridized carbons (Fsp3) is 0.667. The van der Waals surface area contributed by atoms with Gasteiger partial charge < -0.3 is 0 Å². The van der Waals surface area contributed by atoms with Gasteiger partial charge >= 0.3 is 0 Å². The lowest BCUT2D eigenvalue weighted by molar-refractivity contribution is 0.560. The van der Waals surface area contributed by atoms with Gasteiger partial charge in [-0.1, -0.05) is 12.2 Å². The van der Waals surface area contributed by atoms with Crippen molar-refractivity contribution in [1.29, 1.82) is 0 Å². The molecule has 3 aliphatic carbocycles. The van der Waals surface area contributed by atoms with Crippen LogP contribution in [0.1, 0.15) is 25.7 Å². The third-order valence-corrected chi connectivity index (χ3v) is 6.51. The van der Waals surface area contributed by atoms with E-state index in [1.54, 1.807) is 0 Å². The standard InChI is InChI=1S/C12H14Cl2S/c13-10-8-2-3-9(11(10)14)7-12(6-8)4-1-5-15-12/h2-3,10-11H,1,4-7H2. The SMILES string of the molecule is ClC1C2=CC=C(CC3(CCCS3)C2)C1Cl. The summed E-state index contributed by atoms with van der Waals surface area (Å²) in [6.07, 6.45) is 9.40. The zero-order valence-corrected chi connectivity index (χ0v) is 10.8. The molecule has 1 saturated heterocycles. The number of thioether (sulfide) groups is 1. The van der Waals surface area contributed by atoms with Crippen molar-refractivity contribution in [3.63, 3.8) is 0 Å². The van der Waals surface area contributed by atoms with Crippen molar-refractivity contribution in [3.8, 4) is 0 Å². The first-order chi connectivity index (χ1) is 7.20. The second-order valence-electron chi connectivity index (χ2n) is 4.78. The molecule has 0 radical (unpaired) electrons. The Morgan fingerprint density at radius 3 is 2.20 bits per heavy atom. The van der Waals surface area contributed by atoms with E-state index in [0.29, 0.717) is 4.75 Å². The second kappa shape index (κ2) is 3.72. The van der Waals surface area contributed by atoms with E-state index in [4.69, 9.17) is 23.2 Å². The minimum atomic E-state index is 0.0345. The van der Waals surface area contributed by atoms with E-state index in [-0.39, 0.29) is 10.8 Å². The highest BCUT2D eigenvalue weighted by molar-refractivity contribution is 8.00.